The number of pyridine rings is 1. The Balaban J connectivity index is 1.91. The minimum atomic E-state index is -2.86. The molecule has 3 rings (SSSR count). The summed E-state index contributed by atoms with van der Waals surface area (Å²) in [5.74, 6) is 6.06. The van der Waals surface area contributed by atoms with E-state index in [0.29, 0.717) is 16.2 Å². The number of hydrogen-bond acceptors (Lipinski definition) is 4. The zero-order chi connectivity index (χ0) is 20.9. The van der Waals surface area contributed by atoms with E-state index in [4.69, 9.17) is 4.74 Å². The third kappa shape index (κ3) is 5.09. The summed E-state index contributed by atoms with van der Waals surface area (Å²) < 4.78 is 22.2. The first-order chi connectivity index (χ1) is 13.9. The molecule has 0 spiro atoms. The average molecular weight is 404 g/mol. The van der Waals surface area contributed by atoms with Crippen LogP contribution in [-0.2, 0) is 9.73 Å². The Morgan fingerprint density at radius 2 is 1.86 bits per heavy atom. The number of carbonyl (C=O) groups excluding carboxylic acids is 1. The van der Waals surface area contributed by atoms with Gasteiger partial charge < -0.3 is 4.74 Å². The van der Waals surface area contributed by atoms with Crippen LogP contribution in [0.4, 0.5) is 0 Å². The SMILES string of the molecule is COc1ccccc1C#Cc1cncc(C(=O)N=S(C)(=O)c2cccc(C)c2)c1. The number of benzene rings is 2. The molecular weight excluding hydrogens is 384 g/mol. The van der Waals surface area contributed by atoms with Crippen molar-refractivity contribution in [2.45, 2.75) is 11.8 Å². The van der Waals surface area contributed by atoms with Crippen molar-refractivity contribution in [3.63, 3.8) is 0 Å². The molecule has 0 bridgehead atoms. The summed E-state index contributed by atoms with van der Waals surface area (Å²) in [4.78, 5) is 17.2. The summed E-state index contributed by atoms with van der Waals surface area (Å²) in [6, 6.07) is 16.2. The summed E-state index contributed by atoms with van der Waals surface area (Å²) in [5.41, 5.74) is 2.47. The van der Waals surface area contributed by atoms with Crippen LogP contribution >= 0.6 is 0 Å². The molecule has 1 atom stereocenters. The van der Waals surface area contributed by atoms with Crippen molar-refractivity contribution in [1.82, 2.24) is 4.98 Å². The molecule has 1 heterocycles. The van der Waals surface area contributed by atoms with Crippen LogP contribution in [0, 0.1) is 18.8 Å². The van der Waals surface area contributed by atoms with Crippen molar-refractivity contribution in [2.75, 3.05) is 13.4 Å². The maximum Gasteiger partial charge on any atom is 0.286 e. The molecule has 3 aromatic rings. The summed E-state index contributed by atoms with van der Waals surface area (Å²) in [7, 11) is -1.28. The van der Waals surface area contributed by atoms with Gasteiger partial charge in [0.25, 0.3) is 5.91 Å². The lowest BCUT2D eigenvalue weighted by Gasteiger charge is -2.05. The highest BCUT2D eigenvalue weighted by Crippen LogP contribution is 2.17. The fraction of sp³-hybridized carbons (Fsp3) is 0.130. The highest BCUT2D eigenvalue weighted by atomic mass is 32.2. The minimum absolute atomic E-state index is 0.235. The van der Waals surface area contributed by atoms with Crippen LogP contribution in [0.25, 0.3) is 0 Å². The second-order valence-corrected chi connectivity index (χ2v) is 8.69. The molecule has 0 saturated heterocycles. The number of aryl methyl sites for hydroxylation is 1. The van der Waals surface area contributed by atoms with E-state index >= 15 is 0 Å². The normalized spacial score (nSPS) is 12.2. The zero-order valence-corrected chi connectivity index (χ0v) is 17.2. The van der Waals surface area contributed by atoms with E-state index in [1.165, 1.54) is 12.5 Å². The number of rotatable bonds is 3. The Bertz CT molecular complexity index is 1250. The van der Waals surface area contributed by atoms with Gasteiger partial charge in [0, 0.05) is 29.1 Å². The Morgan fingerprint density at radius 1 is 1.07 bits per heavy atom. The van der Waals surface area contributed by atoms with Crippen LogP contribution < -0.4 is 4.74 Å². The van der Waals surface area contributed by atoms with Gasteiger partial charge in [0.1, 0.15) is 5.75 Å². The van der Waals surface area contributed by atoms with E-state index < -0.39 is 15.6 Å². The van der Waals surface area contributed by atoms with Crippen LogP contribution in [-0.4, -0.2) is 28.5 Å². The third-order valence-electron chi connectivity index (χ3n) is 4.12. The highest BCUT2D eigenvalue weighted by molar-refractivity contribution is 7.93. The topological polar surface area (TPSA) is 68.6 Å². The Hall–Kier alpha value is -3.43. The molecule has 1 aromatic heterocycles. The number of para-hydroxylation sites is 1. The summed E-state index contributed by atoms with van der Waals surface area (Å²) in [6.07, 6.45) is 4.41. The molecule has 6 heteroatoms. The monoisotopic (exact) mass is 404 g/mol. The summed E-state index contributed by atoms with van der Waals surface area (Å²) >= 11 is 0. The van der Waals surface area contributed by atoms with E-state index in [-0.39, 0.29) is 5.56 Å². The second-order valence-electron chi connectivity index (χ2n) is 6.43. The van der Waals surface area contributed by atoms with Gasteiger partial charge in [0.2, 0.25) is 0 Å². The molecule has 146 valence electrons. The molecule has 0 aliphatic rings. The fourth-order valence-electron chi connectivity index (χ4n) is 2.63. The smallest absolute Gasteiger partial charge is 0.286 e. The second kappa shape index (κ2) is 8.72. The van der Waals surface area contributed by atoms with Gasteiger partial charge >= 0.3 is 0 Å². The molecule has 2 aromatic carbocycles. The third-order valence-corrected chi connectivity index (χ3v) is 5.76. The molecule has 0 saturated carbocycles. The first-order valence-electron chi connectivity index (χ1n) is 8.82. The lowest BCUT2D eigenvalue weighted by atomic mass is 10.1. The van der Waals surface area contributed by atoms with Crippen molar-refractivity contribution >= 4 is 15.6 Å². The van der Waals surface area contributed by atoms with Gasteiger partial charge in [-0.15, -0.1) is 0 Å². The fourth-order valence-corrected chi connectivity index (χ4v) is 3.89. The van der Waals surface area contributed by atoms with E-state index in [1.54, 1.807) is 37.6 Å². The van der Waals surface area contributed by atoms with Crippen molar-refractivity contribution in [3.8, 4) is 17.6 Å². The first-order valence-corrected chi connectivity index (χ1v) is 10.7. The molecular formula is C23H20N2O3S. The molecule has 1 amide bonds. The predicted molar refractivity (Wildman–Crippen MR) is 113 cm³/mol. The van der Waals surface area contributed by atoms with Crippen LogP contribution in [0.5, 0.6) is 5.75 Å². The minimum Gasteiger partial charge on any atom is -0.495 e. The molecule has 29 heavy (non-hydrogen) atoms. The van der Waals surface area contributed by atoms with Crippen molar-refractivity contribution < 1.29 is 13.7 Å². The molecule has 0 aliphatic heterocycles. The Kier molecular flexibility index (Phi) is 6.10. The van der Waals surface area contributed by atoms with Crippen molar-refractivity contribution in [1.29, 1.82) is 0 Å². The number of aromatic nitrogens is 1. The largest absolute Gasteiger partial charge is 0.495 e. The maximum atomic E-state index is 12.9. The Labute approximate surface area is 171 Å². The van der Waals surface area contributed by atoms with E-state index in [1.807, 2.05) is 37.3 Å². The number of nitrogens with zero attached hydrogens (tertiary/aromatic N) is 2. The van der Waals surface area contributed by atoms with E-state index in [9.17, 15) is 9.00 Å². The number of amides is 1. The lowest BCUT2D eigenvalue weighted by molar-refractivity contribution is 0.100. The molecule has 0 aliphatic carbocycles. The van der Waals surface area contributed by atoms with Gasteiger partial charge in [-0.05, 0) is 42.8 Å². The molecule has 0 fully saturated rings. The van der Waals surface area contributed by atoms with Gasteiger partial charge in [-0.2, -0.15) is 4.36 Å². The van der Waals surface area contributed by atoms with Crippen molar-refractivity contribution in [2.24, 2.45) is 4.36 Å². The molecule has 5 nitrogen and oxygen atoms in total. The quantitative estimate of drug-likeness (QED) is 0.617. The van der Waals surface area contributed by atoms with Gasteiger partial charge in [-0.25, -0.2) is 4.21 Å². The van der Waals surface area contributed by atoms with Crippen LogP contribution in [0.1, 0.15) is 27.0 Å². The first kappa shape index (κ1) is 20.3. The predicted octanol–water partition coefficient (Wildman–Crippen LogP) is 4.10. The average Bonchev–Trinajstić information content (AvgIpc) is 2.72. The van der Waals surface area contributed by atoms with Crippen LogP contribution in [0.15, 0.2) is 76.2 Å². The number of hydrogen-bond donors (Lipinski definition) is 0. The number of methoxy groups -OCH3 is 1. The standard InChI is InChI=1S/C23H20N2O3S/c1-17-7-6-9-21(13-17)29(3,27)25-23(26)20-14-18(15-24-16-20)11-12-19-8-4-5-10-22(19)28-2/h4-10,13-16H,1-3H3. The lowest BCUT2D eigenvalue weighted by Crippen LogP contribution is -2.04. The summed E-state index contributed by atoms with van der Waals surface area (Å²) in [6.45, 7) is 1.90. The van der Waals surface area contributed by atoms with E-state index in [2.05, 4.69) is 21.2 Å². The van der Waals surface area contributed by atoms with Crippen molar-refractivity contribution in [3.05, 3.63) is 89.2 Å². The van der Waals surface area contributed by atoms with Crippen LogP contribution in [0.2, 0.25) is 0 Å². The molecule has 1 unspecified atom stereocenters. The Morgan fingerprint density at radius 3 is 2.62 bits per heavy atom. The summed E-state index contributed by atoms with van der Waals surface area (Å²) in [5, 5.41) is 0. The number of carbonyl (C=O) groups is 1. The van der Waals surface area contributed by atoms with Gasteiger partial charge in [-0.3, -0.25) is 9.78 Å². The zero-order valence-electron chi connectivity index (χ0n) is 16.4. The number of ether oxygens (including phenoxy) is 1. The molecule has 0 N–H and O–H groups in total. The highest BCUT2D eigenvalue weighted by Gasteiger charge is 2.12. The van der Waals surface area contributed by atoms with Crippen LogP contribution in [0.3, 0.4) is 0 Å². The van der Waals surface area contributed by atoms with Gasteiger partial charge in [0.05, 0.1) is 28.0 Å². The molecule has 0 radical (unpaired) electrons. The van der Waals surface area contributed by atoms with Gasteiger partial charge in [-0.1, -0.05) is 36.1 Å². The van der Waals surface area contributed by atoms with Gasteiger partial charge in [0.15, 0.2) is 0 Å². The van der Waals surface area contributed by atoms with E-state index in [0.717, 1.165) is 11.1 Å². The maximum absolute atomic E-state index is 12.9.